The van der Waals surface area contributed by atoms with E-state index in [9.17, 15) is 19.4 Å². The molecule has 60 heavy (non-hydrogen) atoms. The van der Waals surface area contributed by atoms with Gasteiger partial charge < -0.3 is 28.8 Å². The molecular formula is C51H99N2O6P. The molecule has 0 aromatic rings. The van der Waals surface area contributed by atoms with Crippen LogP contribution in [0.15, 0.2) is 36.5 Å². The van der Waals surface area contributed by atoms with Crippen LogP contribution in [0.1, 0.15) is 232 Å². The summed E-state index contributed by atoms with van der Waals surface area (Å²) < 4.78 is 23.3. The Bertz CT molecular complexity index is 1070. The highest BCUT2D eigenvalue weighted by atomic mass is 31.2. The van der Waals surface area contributed by atoms with Crippen molar-refractivity contribution < 1.29 is 32.9 Å². The van der Waals surface area contributed by atoms with Crippen molar-refractivity contribution in [1.82, 2.24) is 5.32 Å². The second-order valence-electron chi connectivity index (χ2n) is 18.5. The Hall–Kier alpha value is -1.28. The average Bonchev–Trinajstić information content (AvgIpc) is 3.20. The van der Waals surface area contributed by atoms with Gasteiger partial charge in [-0.25, -0.2) is 0 Å². The number of nitrogens with zero attached hydrogens (tertiary/aromatic N) is 1. The third kappa shape index (κ3) is 44.8. The van der Waals surface area contributed by atoms with E-state index in [1.54, 1.807) is 6.08 Å². The first-order valence-electron chi connectivity index (χ1n) is 25.4. The van der Waals surface area contributed by atoms with Gasteiger partial charge in [0.05, 0.1) is 39.9 Å². The number of quaternary nitrogens is 1. The van der Waals surface area contributed by atoms with E-state index in [4.69, 9.17) is 9.05 Å². The van der Waals surface area contributed by atoms with E-state index < -0.39 is 20.0 Å². The van der Waals surface area contributed by atoms with Gasteiger partial charge in [-0.05, 0) is 51.4 Å². The minimum Gasteiger partial charge on any atom is -0.756 e. The van der Waals surface area contributed by atoms with Gasteiger partial charge in [-0.3, -0.25) is 9.36 Å². The van der Waals surface area contributed by atoms with Gasteiger partial charge in [-0.15, -0.1) is 0 Å². The fraction of sp³-hybridized carbons (Fsp3) is 0.863. The molecule has 0 fully saturated rings. The Morgan fingerprint density at radius 3 is 1.40 bits per heavy atom. The zero-order valence-electron chi connectivity index (χ0n) is 40.2. The molecule has 0 radical (unpaired) electrons. The van der Waals surface area contributed by atoms with E-state index in [-0.39, 0.29) is 19.1 Å². The van der Waals surface area contributed by atoms with Crippen LogP contribution in [-0.2, 0) is 18.4 Å². The Kier molecular flexibility index (Phi) is 42.1. The number of hydrogen-bond donors (Lipinski definition) is 2. The molecule has 2 N–H and O–H groups in total. The fourth-order valence-corrected chi connectivity index (χ4v) is 8.02. The predicted molar refractivity (Wildman–Crippen MR) is 256 cm³/mol. The zero-order valence-corrected chi connectivity index (χ0v) is 41.1. The number of nitrogens with one attached hydrogen (secondary N) is 1. The average molecular weight is 867 g/mol. The smallest absolute Gasteiger partial charge is 0.268 e. The fourth-order valence-electron chi connectivity index (χ4n) is 7.30. The standard InChI is InChI=1S/C51H99N2O6P/c1-6-8-10-12-14-16-18-20-22-24-25-26-27-28-29-30-32-34-36-38-40-42-44-50(54)49(48-59-60(56,57)58-47-46-53(3,4)5)52-51(55)45-43-41-39-37-35-33-31-23-21-19-17-15-13-11-9-7-2/h17,19,23,31,42,44,49-50,54H,6-16,18,20-22,24-30,32-41,43,45-48H2,1-5H3,(H-,52,55,56,57)/b19-17-,31-23-,44-42+. The normalized spacial score (nSPS) is 14.4. The lowest BCUT2D eigenvalue weighted by Gasteiger charge is -2.29. The topological polar surface area (TPSA) is 108 Å². The van der Waals surface area contributed by atoms with Crippen molar-refractivity contribution in [2.45, 2.75) is 244 Å². The SMILES string of the molecule is CCCCCC/C=C\C/C=C\CCCCCCCC(=O)NC(COP(=O)([O-])OCC[N+](C)(C)C)C(O)/C=C/CCCCCCCCCCCCCCCCCCCCCC. The molecule has 354 valence electrons. The van der Waals surface area contributed by atoms with Crippen molar-refractivity contribution in [3.05, 3.63) is 36.5 Å². The summed E-state index contributed by atoms with van der Waals surface area (Å²) in [6.07, 6.45) is 53.4. The third-order valence-electron chi connectivity index (χ3n) is 11.3. The van der Waals surface area contributed by atoms with Crippen LogP contribution in [0.5, 0.6) is 0 Å². The molecule has 0 spiro atoms. The Morgan fingerprint density at radius 1 is 0.583 bits per heavy atom. The number of unbranched alkanes of at least 4 members (excludes halogenated alkanes) is 29. The minimum absolute atomic E-state index is 0.00385. The summed E-state index contributed by atoms with van der Waals surface area (Å²) >= 11 is 0. The van der Waals surface area contributed by atoms with Gasteiger partial charge in [0, 0.05) is 6.42 Å². The predicted octanol–water partition coefficient (Wildman–Crippen LogP) is 14.0. The number of phosphoric acid groups is 1. The zero-order chi connectivity index (χ0) is 44.3. The number of hydrogen-bond acceptors (Lipinski definition) is 6. The third-order valence-corrected chi connectivity index (χ3v) is 12.3. The van der Waals surface area contributed by atoms with Crippen LogP contribution < -0.4 is 10.2 Å². The molecular weight excluding hydrogens is 768 g/mol. The molecule has 0 aliphatic rings. The van der Waals surface area contributed by atoms with Crippen molar-refractivity contribution in [3.63, 3.8) is 0 Å². The minimum atomic E-state index is -4.59. The lowest BCUT2D eigenvalue weighted by molar-refractivity contribution is -0.870. The van der Waals surface area contributed by atoms with Crippen molar-refractivity contribution in [1.29, 1.82) is 0 Å². The Balaban J connectivity index is 4.33. The van der Waals surface area contributed by atoms with Crippen molar-refractivity contribution in [3.8, 4) is 0 Å². The van der Waals surface area contributed by atoms with Crippen molar-refractivity contribution >= 4 is 13.7 Å². The molecule has 0 aromatic carbocycles. The Labute approximate surface area is 372 Å². The number of rotatable bonds is 46. The lowest BCUT2D eigenvalue weighted by Crippen LogP contribution is -2.45. The van der Waals surface area contributed by atoms with Gasteiger partial charge in [0.25, 0.3) is 7.82 Å². The molecule has 0 aliphatic carbocycles. The molecule has 0 heterocycles. The molecule has 3 unspecified atom stereocenters. The number of aliphatic hydroxyl groups excluding tert-OH is 1. The monoisotopic (exact) mass is 867 g/mol. The molecule has 0 aliphatic heterocycles. The van der Waals surface area contributed by atoms with Gasteiger partial charge in [0.1, 0.15) is 13.2 Å². The highest BCUT2D eigenvalue weighted by molar-refractivity contribution is 7.45. The lowest BCUT2D eigenvalue weighted by atomic mass is 10.0. The maximum Gasteiger partial charge on any atom is 0.268 e. The Morgan fingerprint density at radius 2 is 0.967 bits per heavy atom. The van der Waals surface area contributed by atoms with Crippen LogP contribution in [0.2, 0.25) is 0 Å². The van der Waals surface area contributed by atoms with Crippen molar-refractivity contribution in [2.75, 3.05) is 40.9 Å². The van der Waals surface area contributed by atoms with Gasteiger partial charge in [-0.2, -0.15) is 0 Å². The number of likely N-dealkylation sites (N-methyl/N-ethyl adjacent to an activating group) is 1. The molecule has 1 amide bonds. The first kappa shape index (κ1) is 58.7. The van der Waals surface area contributed by atoms with E-state index >= 15 is 0 Å². The molecule has 0 aromatic heterocycles. The molecule has 8 nitrogen and oxygen atoms in total. The number of allylic oxidation sites excluding steroid dienone is 5. The molecule has 9 heteroatoms. The molecule has 3 atom stereocenters. The van der Waals surface area contributed by atoms with Gasteiger partial charge >= 0.3 is 0 Å². The molecule has 0 saturated carbocycles. The van der Waals surface area contributed by atoms with Crippen LogP contribution in [0, 0.1) is 0 Å². The van der Waals surface area contributed by atoms with Crippen LogP contribution >= 0.6 is 7.82 Å². The van der Waals surface area contributed by atoms with Gasteiger partial charge in [0.15, 0.2) is 0 Å². The second-order valence-corrected chi connectivity index (χ2v) is 19.9. The van der Waals surface area contributed by atoms with E-state index in [2.05, 4.69) is 43.5 Å². The molecule has 0 saturated heterocycles. The van der Waals surface area contributed by atoms with Crippen LogP contribution in [0.25, 0.3) is 0 Å². The second kappa shape index (κ2) is 43.0. The summed E-state index contributed by atoms with van der Waals surface area (Å²) in [6.45, 7) is 4.63. The van der Waals surface area contributed by atoms with Crippen molar-refractivity contribution in [2.24, 2.45) is 0 Å². The number of carbonyl (C=O) groups excluding carboxylic acids is 1. The van der Waals surface area contributed by atoms with E-state index in [1.165, 1.54) is 148 Å². The van der Waals surface area contributed by atoms with Gasteiger partial charge in [0.2, 0.25) is 5.91 Å². The summed E-state index contributed by atoms with van der Waals surface area (Å²) in [7, 11) is 1.25. The maximum atomic E-state index is 12.9. The largest absolute Gasteiger partial charge is 0.756 e. The highest BCUT2D eigenvalue weighted by Gasteiger charge is 2.23. The van der Waals surface area contributed by atoms with Crippen LogP contribution in [0.4, 0.5) is 0 Å². The van der Waals surface area contributed by atoms with Crippen LogP contribution in [-0.4, -0.2) is 68.5 Å². The number of carbonyl (C=O) groups is 1. The quantitative estimate of drug-likeness (QED) is 0.0273. The number of aliphatic hydroxyl groups is 1. The molecule has 0 rings (SSSR count). The van der Waals surface area contributed by atoms with Gasteiger partial charge in [-0.1, -0.05) is 211 Å². The number of phosphoric ester groups is 1. The summed E-state index contributed by atoms with van der Waals surface area (Å²) in [5.41, 5.74) is 0. The van der Waals surface area contributed by atoms with E-state index in [1.807, 2.05) is 27.2 Å². The summed E-state index contributed by atoms with van der Waals surface area (Å²) in [6, 6.07) is -0.893. The molecule has 0 bridgehead atoms. The van der Waals surface area contributed by atoms with Crippen LogP contribution in [0.3, 0.4) is 0 Å². The first-order chi connectivity index (χ1) is 29.0. The van der Waals surface area contributed by atoms with E-state index in [0.29, 0.717) is 17.4 Å². The first-order valence-corrected chi connectivity index (χ1v) is 26.8. The van der Waals surface area contributed by atoms with E-state index in [0.717, 1.165) is 64.2 Å². The highest BCUT2D eigenvalue weighted by Crippen LogP contribution is 2.38. The maximum absolute atomic E-state index is 12.9. The summed E-state index contributed by atoms with van der Waals surface area (Å²) in [5.74, 6) is -0.210. The summed E-state index contributed by atoms with van der Waals surface area (Å²) in [4.78, 5) is 25.4. The number of amides is 1. The summed E-state index contributed by atoms with van der Waals surface area (Å²) in [5, 5.41) is 13.8.